The van der Waals surface area contributed by atoms with Crippen molar-refractivity contribution in [2.24, 2.45) is 0 Å². The molecule has 9 heteroatoms. The Morgan fingerprint density at radius 2 is 1.83 bits per heavy atom. The van der Waals surface area contributed by atoms with Crippen molar-refractivity contribution >= 4 is 29.6 Å². The second-order valence-corrected chi connectivity index (χ2v) is 7.82. The first-order valence-electron chi connectivity index (χ1n) is 9.78. The fourth-order valence-electron chi connectivity index (χ4n) is 3.46. The van der Waals surface area contributed by atoms with Crippen LogP contribution in [0.1, 0.15) is 29.8 Å². The van der Waals surface area contributed by atoms with Crippen LogP contribution in [-0.4, -0.2) is 63.1 Å². The normalized spacial score (nSPS) is 14.8. The molecule has 1 saturated heterocycles. The van der Waals surface area contributed by atoms with E-state index in [-0.39, 0.29) is 5.91 Å². The molecule has 4 rings (SSSR count). The van der Waals surface area contributed by atoms with E-state index in [2.05, 4.69) is 20.3 Å². The molecule has 3 aromatic rings. The molecule has 30 heavy (non-hydrogen) atoms. The van der Waals surface area contributed by atoms with Crippen LogP contribution >= 0.6 is 0 Å². The molecule has 156 valence electrons. The Morgan fingerprint density at radius 1 is 1.13 bits per heavy atom. The smallest absolute Gasteiger partial charge is 0.256 e. The van der Waals surface area contributed by atoms with Gasteiger partial charge in [0.15, 0.2) is 5.65 Å². The Bertz CT molecular complexity index is 1060. The first-order valence-corrected chi connectivity index (χ1v) is 9.78. The summed E-state index contributed by atoms with van der Waals surface area (Å²) in [6.07, 6.45) is 2.52. The van der Waals surface area contributed by atoms with E-state index >= 15 is 0 Å². The number of hydrogen-bond acceptors (Lipinski definition) is 6. The number of carbonyl (C=O) groups is 2. The molecule has 0 spiro atoms. The number of carbonyl (C=O) groups excluding carboxylic acids is 2. The quantitative estimate of drug-likeness (QED) is 0.620. The van der Waals surface area contributed by atoms with E-state index in [0.717, 1.165) is 17.8 Å². The molecule has 2 aromatic heterocycles. The SMILES string of the molecule is CC(C)(O)c1ccc(C(=O)Nc2cc(N3CCN(C=O)CC3)n3nccc3n2)cc1. The Hall–Kier alpha value is -3.46. The predicted molar refractivity (Wildman–Crippen MR) is 112 cm³/mol. The third kappa shape index (κ3) is 3.97. The van der Waals surface area contributed by atoms with Crippen molar-refractivity contribution in [2.75, 3.05) is 36.4 Å². The summed E-state index contributed by atoms with van der Waals surface area (Å²) in [6.45, 7) is 5.99. The van der Waals surface area contributed by atoms with Gasteiger partial charge in [-0.3, -0.25) is 9.59 Å². The summed E-state index contributed by atoms with van der Waals surface area (Å²) in [6, 6.07) is 10.4. The van der Waals surface area contributed by atoms with E-state index in [1.165, 1.54) is 0 Å². The summed E-state index contributed by atoms with van der Waals surface area (Å²) in [4.78, 5) is 32.0. The van der Waals surface area contributed by atoms with Crippen LogP contribution in [0.2, 0.25) is 0 Å². The van der Waals surface area contributed by atoms with E-state index < -0.39 is 5.60 Å². The molecule has 9 nitrogen and oxygen atoms in total. The lowest BCUT2D eigenvalue weighted by atomic mass is 9.97. The molecule has 0 bridgehead atoms. The van der Waals surface area contributed by atoms with Gasteiger partial charge in [-0.1, -0.05) is 12.1 Å². The summed E-state index contributed by atoms with van der Waals surface area (Å²) in [5.41, 5.74) is 0.860. The number of anilines is 2. The van der Waals surface area contributed by atoms with Gasteiger partial charge in [0.05, 0.1) is 11.8 Å². The summed E-state index contributed by atoms with van der Waals surface area (Å²) < 4.78 is 1.73. The number of nitrogens with zero attached hydrogens (tertiary/aromatic N) is 5. The van der Waals surface area contributed by atoms with Gasteiger partial charge >= 0.3 is 0 Å². The van der Waals surface area contributed by atoms with E-state index in [1.807, 2.05) is 0 Å². The molecule has 1 fully saturated rings. The number of hydrogen-bond donors (Lipinski definition) is 2. The number of piperazine rings is 1. The highest BCUT2D eigenvalue weighted by molar-refractivity contribution is 6.04. The highest BCUT2D eigenvalue weighted by Crippen LogP contribution is 2.23. The van der Waals surface area contributed by atoms with Crippen molar-refractivity contribution in [1.82, 2.24) is 19.5 Å². The molecule has 2 N–H and O–H groups in total. The van der Waals surface area contributed by atoms with Crippen LogP contribution in [0.4, 0.5) is 11.6 Å². The zero-order chi connectivity index (χ0) is 21.3. The zero-order valence-corrected chi connectivity index (χ0v) is 16.9. The Balaban J connectivity index is 1.57. The highest BCUT2D eigenvalue weighted by atomic mass is 16.3. The van der Waals surface area contributed by atoms with Crippen LogP contribution in [0.3, 0.4) is 0 Å². The van der Waals surface area contributed by atoms with Crippen molar-refractivity contribution in [3.05, 3.63) is 53.7 Å². The minimum atomic E-state index is -0.966. The van der Waals surface area contributed by atoms with Crippen LogP contribution in [0.15, 0.2) is 42.6 Å². The van der Waals surface area contributed by atoms with Gasteiger partial charge in [0.25, 0.3) is 5.91 Å². The van der Waals surface area contributed by atoms with Crippen molar-refractivity contribution in [3.63, 3.8) is 0 Å². The van der Waals surface area contributed by atoms with Gasteiger partial charge in [0, 0.05) is 43.9 Å². The number of rotatable bonds is 5. The molecule has 0 aliphatic carbocycles. The van der Waals surface area contributed by atoms with Gasteiger partial charge < -0.3 is 20.2 Å². The first-order chi connectivity index (χ1) is 14.3. The molecule has 3 heterocycles. The number of amides is 2. The molecular formula is C21H24N6O3. The average Bonchev–Trinajstić information content (AvgIpc) is 3.21. The summed E-state index contributed by atoms with van der Waals surface area (Å²) in [7, 11) is 0. The largest absolute Gasteiger partial charge is 0.386 e. The molecule has 0 radical (unpaired) electrons. The minimum absolute atomic E-state index is 0.287. The topological polar surface area (TPSA) is 103 Å². The second kappa shape index (κ2) is 7.75. The van der Waals surface area contributed by atoms with Crippen LogP contribution in [0.25, 0.3) is 5.65 Å². The van der Waals surface area contributed by atoms with Gasteiger partial charge in [-0.15, -0.1) is 0 Å². The highest BCUT2D eigenvalue weighted by Gasteiger charge is 2.21. The van der Waals surface area contributed by atoms with E-state index in [4.69, 9.17) is 0 Å². The van der Waals surface area contributed by atoms with E-state index in [0.29, 0.717) is 43.2 Å². The maximum absolute atomic E-state index is 12.7. The van der Waals surface area contributed by atoms with E-state index in [9.17, 15) is 14.7 Å². The van der Waals surface area contributed by atoms with E-state index in [1.54, 1.807) is 65.9 Å². The lowest BCUT2D eigenvalue weighted by Gasteiger charge is -2.34. The number of benzene rings is 1. The Kier molecular flexibility index (Phi) is 5.13. The fraction of sp³-hybridized carbons (Fsp3) is 0.333. The third-order valence-corrected chi connectivity index (χ3v) is 5.22. The number of aliphatic hydroxyl groups is 1. The van der Waals surface area contributed by atoms with Gasteiger partial charge in [-0.05, 0) is 31.5 Å². The first kappa shape index (κ1) is 19.8. The summed E-state index contributed by atoms with van der Waals surface area (Å²) >= 11 is 0. The van der Waals surface area contributed by atoms with Crippen molar-refractivity contribution in [2.45, 2.75) is 19.4 Å². The summed E-state index contributed by atoms with van der Waals surface area (Å²) in [5.74, 6) is 0.945. The molecule has 2 amide bonds. The molecule has 1 aliphatic rings. The van der Waals surface area contributed by atoms with Crippen molar-refractivity contribution in [1.29, 1.82) is 0 Å². The van der Waals surface area contributed by atoms with Gasteiger partial charge in [-0.2, -0.15) is 9.61 Å². The van der Waals surface area contributed by atoms with Crippen molar-refractivity contribution in [3.8, 4) is 0 Å². The standard InChI is InChI=1S/C21H24N6O3/c1-21(2,30)16-5-3-15(4-6-16)20(29)24-17-13-19(27-18(23-17)7-8-22-27)26-11-9-25(14-28)10-12-26/h3-8,13-14,30H,9-12H2,1-2H3,(H,23,24,29). The molecule has 1 aromatic carbocycles. The van der Waals surface area contributed by atoms with Gasteiger partial charge in [0.1, 0.15) is 11.6 Å². The van der Waals surface area contributed by atoms with Gasteiger partial charge in [0.2, 0.25) is 6.41 Å². The minimum Gasteiger partial charge on any atom is -0.386 e. The molecule has 0 unspecified atom stereocenters. The number of aromatic nitrogens is 3. The maximum atomic E-state index is 12.7. The second-order valence-electron chi connectivity index (χ2n) is 7.82. The zero-order valence-electron chi connectivity index (χ0n) is 16.9. The van der Waals surface area contributed by atoms with Crippen LogP contribution < -0.4 is 10.2 Å². The molecule has 0 saturated carbocycles. The molecule has 0 atom stereocenters. The molecular weight excluding hydrogens is 384 g/mol. The Labute approximate surface area is 173 Å². The monoisotopic (exact) mass is 408 g/mol. The van der Waals surface area contributed by atoms with Crippen molar-refractivity contribution < 1.29 is 14.7 Å². The number of nitrogens with one attached hydrogen (secondary N) is 1. The lowest BCUT2D eigenvalue weighted by molar-refractivity contribution is -0.118. The lowest BCUT2D eigenvalue weighted by Crippen LogP contribution is -2.46. The third-order valence-electron chi connectivity index (χ3n) is 5.22. The van der Waals surface area contributed by atoms with Crippen LogP contribution in [0.5, 0.6) is 0 Å². The fourth-order valence-corrected chi connectivity index (χ4v) is 3.46. The predicted octanol–water partition coefficient (Wildman–Crippen LogP) is 1.49. The van der Waals surface area contributed by atoms with Crippen LogP contribution in [0, 0.1) is 0 Å². The summed E-state index contributed by atoms with van der Waals surface area (Å²) in [5, 5.41) is 17.3. The van der Waals surface area contributed by atoms with Gasteiger partial charge in [-0.25, -0.2) is 4.98 Å². The van der Waals surface area contributed by atoms with Crippen LogP contribution in [-0.2, 0) is 10.4 Å². The Morgan fingerprint density at radius 3 is 2.47 bits per heavy atom. The maximum Gasteiger partial charge on any atom is 0.256 e. The molecule has 1 aliphatic heterocycles. The number of fused-ring (bicyclic) bond motifs is 1. The average molecular weight is 408 g/mol.